The molecule has 1 atom stereocenters. The number of nitrogens with zero attached hydrogens (tertiary/aromatic N) is 3. The van der Waals surface area contributed by atoms with Crippen molar-refractivity contribution < 1.29 is 26.5 Å². The Bertz CT molecular complexity index is 956. The number of hydrogen-bond donors (Lipinski definition) is 0. The van der Waals surface area contributed by atoms with Gasteiger partial charge in [0.25, 0.3) is 5.69 Å². The van der Waals surface area contributed by atoms with Crippen LogP contribution in [0, 0.1) is 10.1 Å². The molecule has 0 saturated carbocycles. The second kappa shape index (κ2) is 7.54. The molecule has 0 bridgehead atoms. The van der Waals surface area contributed by atoms with E-state index in [0.717, 1.165) is 28.0 Å². The van der Waals surface area contributed by atoms with Crippen LogP contribution < -0.4 is 21.5 Å². The average Bonchev–Trinajstić information content (AvgIpc) is 3.13. The number of fused-ring (bicyclic) bond motifs is 1. The van der Waals surface area contributed by atoms with Crippen LogP contribution in [0.25, 0.3) is 16.9 Å². The Morgan fingerprint density at radius 1 is 1.19 bits per heavy atom. The van der Waals surface area contributed by atoms with E-state index in [0.29, 0.717) is 5.25 Å². The summed E-state index contributed by atoms with van der Waals surface area (Å²) in [6, 6.07) is 15.0. The van der Waals surface area contributed by atoms with Crippen LogP contribution in [0.15, 0.2) is 64.4 Å². The molecule has 1 aliphatic heterocycles. The molecule has 1 aliphatic rings. The van der Waals surface area contributed by atoms with Crippen LogP contribution in [0.4, 0.5) is 5.69 Å². The van der Waals surface area contributed by atoms with Gasteiger partial charge in [-0.25, -0.2) is 4.57 Å². The Labute approximate surface area is 174 Å². The molecular formula is C18H15Br2N3O2S. The minimum Gasteiger partial charge on any atom is -1.00 e. The Kier molecular flexibility index (Phi) is 5.55. The molecule has 0 spiro atoms. The van der Waals surface area contributed by atoms with Crippen LogP contribution in [-0.2, 0) is 6.54 Å². The molecule has 0 radical (unpaired) electrons. The molecular weight excluding hydrogens is 482 g/mol. The summed E-state index contributed by atoms with van der Waals surface area (Å²) in [6.07, 6.45) is 2.11. The summed E-state index contributed by atoms with van der Waals surface area (Å²) in [7, 11) is 0. The highest BCUT2D eigenvalue weighted by molar-refractivity contribution is 9.10. The van der Waals surface area contributed by atoms with E-state index in [1.165, 1.54) is 5.16 Å². The number of nitro groups is 1. The lowest BCUT2D eigenvalue weighted by Gasteiger charge is -2.00. The summed E-state index contributed by atoms with van der Waals surface area (Å²) >= 11 is 5.32. The van der Waals surface area contributed by atoms with Gasteiger partial charge in [0.2, 0.25) is 0 Å². The molecule has 0 saturated heterocycles. The smallest absolute Gasteiger partial charge is 0.324 e. The van der Waals surface area contributed by atoms with Gasteiger partial charge in [-0.3, -0.25) is 10.1 Å². The van der Waals surface area contributed by atoms with Crippen LogP contribution in [0.2, 0.25) is 0 Å². The summed E-state index contributed by atoms with van der Waals surface area (Å²) in [4.78, 5) is 10.5. The predicted molar refractivity (Wildman–Crippen MR) is 101 cm³/mol. The van der Waals surface area contributed by atoms with Crippen molar-refractivity contribution in [2.75, 3.05) is 0 Å². The highest BCUT2D eigenvalue weighted by Crippen LogP contribution is 2.33. The largest absolute Gasteiger partial charge is 1.00 e. The third-order valence-electron chi connectivity index (χ3n) is 4.20. The highest BCUT2D eigenvalue weighted by Gasteiger charge is 2.34. The van der Waals surface area contributed by atoms with Crippen LogP contribution in [0.1, 0.15) is 6.92 Å². The van der Waals surface area contributed by atoms with Crippen LogP contribution in [0.5, 0.6) is 0 Å². The van der Waals surface area contributed by atoms with Crippen LogP contribution in [-0.4, -0.2) is 14.7 Å². The molecule has 26 heavy (non-hydrogen) atoms. The molecule has 5 nitrogen and oxygen atoms in total. The number of hydrogen-bond acceptors (Lipinski definition) is 3. The zero-order valence-corrected chi connectivity index (χ0v) is 17.8. The summed E-state index contributed by atoms with van der Waals surface area (Å²) in [5.41, 5.74) is 3.27. The van der Waals surface area contributed by atoms with Crippen molar-refractivity contribution in [1.82, 2.24) is 4.57 Å². The van der Waals surface area contributed by atoms with Gasteiger partial charge in [0.05, 0.1) is 10.2 Å². The maximum atomic E-state index is 10.9. The number of non-ortho nitro benzene ring substituents is 1. The maximum Gasteiger partial charge on any atom is 0.324 e. The zero-order chi connectivity index (χ0) is 17.6. The van der Waals surface area contributed by atoms with Crippen molar-refractivity contribution in [3.8, 4) is 16.9 Å². The molecule has 4 rings (SSSR count). The lowest BCUT2D eigenvalue weighted by molar-refractivity contribution is -0.715. The van der Waals surface area contributed by atoms with Crippen molar-refractivity contribution in [3.05, 3.63) is 69.3 Å². The second-order valence-electron chi connectivity index (χ2n) is 5.99. The summed E-state index contributed by atoms with van der Waals surface area (Å²) < 4.78 is 5.53. The third kappa shape index (κ3) is 3.45. The number of nitro benzene ring substituents is 1. The summed E-state index contributed by atoms with van der Waals surface area (Å²) in [5.74, 6) is 0. The Balaban J connectivity index is 0.00000196. The zero-order valence-electron chi connectivity index (χ0n) is 13.8. The molecule has 0 fully saturated rings. The van der Waals surface area contributed by atoms with E-state index in [1.807, 2.05) is 36.0 Å². The van der Waals surface area contributed by atoms with Gasteiger partial charge in [-0.05, 0) is 55.1 Å². The molecule has 8 heteroatoms. The number of halogens is 2. The second-order valence-corrected chi connectivity index (χ2v) is 8.31. The first-order valence-electron chi connectivity index (χ1n) is 7.85. The van der Waals surface area contributed by atoms with E-state index >= 15 is 0 Å². The monoisotopic (exact) mass is 495 g/mol. The van der Waals surface area contributed by atoms with Gasteiger partial charge >= 0.3 is 5.16 Å². The topological polar surface area (TPSA) is 51.9 Å². The first-order valence-corrected chi connectivity index (χ1v) is 9.53. The minimum atomic E-state index is -0.369. The minimum absolute atomic E-state index is 0. The van der Waals surface area contributed by atoms with Crippen molar-refractivity contribution in [2.24, 2.45) is 0 Å². The molecule has 134 valence electrons. The van der Waals surface area contributed by atoms with E-state index in [-0.39, 0.29) is 27.6 Å². The molecule has 2 heterocycles. The summed E-state index contributed by atoms with van der Waals surface area (Å²) in [6.45, 7) is 3.14. The van der Waals surface area contributed by atoms with Crippen LogP contribution >= 0.6 is 27.7 Å². The maximum absolute atomic E-state index is 10.9. The molecule has 0 aliphatic carbocycles. The quantitative estimate of drug-likeness (QED) is 0.314. The first kappa shape index (κ1) is 19.1. The molecule has 3 aromatic rings. The number of benzene rings is 2. The van der Waals surface area contributed by atoms with E-state index in [9.17, 15) is 10.1 Å². The van der Waals surface area contributed by atoms with E-state index in [4.69, 9.17) is 0 Å². The van der Waals surface area contributed by atoms with Gasteiger partial charge < -0.3 is 17.0 Å². The van der Waals surface area contributed by atoms with Gasteiger partial charge in [0.1, 0.15) is 18.4 Å². The molecule has 0 N–H and O–H groups in total. The number of thioether (sulfide) groups is 1. The van der Waals surface area contributed by atoms with Gasteiger partial charge in [-0.1, -0.05) is 15.9 Å². The number of rotatable bonds is 3. The Hall–Kier alpha value is -1.64. The lowest BCUT2D eigenvalue weighted by Crippen LogP contribution is -3.00. The molecule has 2 aromatic carbocycles. The fourth-order valence-corrected chi connectivity index (χ4v) is 4.44. The van der Waals surface area contributed by atoms with Crippen molar-refractivity contribution in [3.63, 3.8) is 0 Å². The van der Waals surface area contributed by atoms with Crippen molar-refractivity contribution in [1.29, 1.82) is 0 Å². The van der Waals surface area contributed by atoms with E-state index < -0.39 is 0 Å². The molecule has 0 amide bonds. The van der Waals surface area contributed by atoms with Crippen LogP contribution in [0.3, 0.4) is 0 Å². The number of aromatic nitrogens is 2. The highest BCUT2D eigenvalue weighted by atomic mass is 79.9. The Morgan fingerprint density at radius 3 is 2.46 bits per heavy atom. The first-order chi connectivity index (χ1) is 12.0. The lowest BCUT2D eigenvalue weighted by atomic mass is 10.1. The van der Waals surface area contributed by atoms with Gasteiger partial charge in [-0.2, -0.15) is 4.57 Å². The molecule has 1 aromatic heterocycles. The van der Waals surface area contributed by atoms with Crippen molar-refractivity contribution in [2.45, 2.75) is 23.9 Å². The normalized spacial score (nSPS) is 15.4. The van der Waals surface area contributed by atoms with Gasteiger partial charge in [0.15, 0.2) is 5.69 Å². The summed E-state index contributed by atoms with van der Waals surface area (Å²) in [5, 5.41) is 12.6. The van der Waals surface area contributed by atoms with E-state index in [2.05, 4.69) is 50.3 Å². The standard InChI is InChI=1S/C18H15BrN3O2S.BrH/c1-12-10-21-17(13-2-6-16(7-3-13)22(23)24)11-20(18(21)25-12)15-8-4-14(19)5-9-15;/h2-9,11-12H,10H2,1H3;1H/q+1;/p-1. The van der Waals surface area contributed by atoms with Gasteiger partial charge in [0, 0.05) is 22.2 Å². The fraction of sp³-hybridized carbons (Fsp3) is 0.167. The number of imidazole rings is 1. The fourth-order valence-electron chi connectivity index (χ4n) is 3.02. The average molecular weight is 497 g/mol. The van der Waals surface area contributed by atoms with Crippen molar-refractivity contribution >= 4 is 33.4 Å². The predicted octanol–water partition coefficient (Wildman–Crippen LogP) is 1.60. The Morgan fingerprint density at radius 2 is 1.85 bits per heavy atom. The van der Waals surface area contributed by atoms with Gasteiger partial charge in [-0.15, -0.1) is 0 Å². The van der Waals surface area contributed by atoms with E-state index in [1.54, 1.807) is 12.1 Å². The SMILES string of the molecule is CC1C[n+]2c(-c3ccc([N+](=O)[O-])cc3)cn(-c3ccc(Br)cc3)c2S1.[Br-]. The third-order valence-corrected chi connectivity index (χ3v) is 5.91. The molecule has 1 unspecified atom stereocenters.